The van der Waals surface area contributed by atoms with E-state index in [0.29, 0.717) is 48.1 Å². The van der Waals surface area contributed by atoms with Gasteiger partial charge in [-0.2, -0.15) is 0 Å². The van der Waals surface area contributed by atoms with E-state index in [2.05, 4.69) is 45.3 Å². The summed E-state index contributed by atoms with van der Waals surface area (Å²) in [6, 6.07) is 8.64. The van der Waals surface area contributed by atoms with E-state index in [4.69, 9.17) is 9.84 Å². The van der Waals surface area contributed by atoms with Crippen molar-refractivity contribution < 1.29 is 28.2 Å². The summed E-state index contributed by atoms with van der Waals surface area (Å²) in [5.41, 5.74) is -0.110. The lowest BCUT2D eigenvalue weighted by molar-refractivity contribution is -0.139. The van der Waals surface area contributed by atoms with Crippen LogP contribution < -0.4 is 20.3 Å². The second-order valence-corrected chi connectivity index (χ2v) is 10.7. The number of alkyl halides is 1. The number of amides is 2. The van der Waals surface area contributed by atoms with Crippen molar-refractivity contribution in [1.29, 1.82) is 0 Å². The Labute approximate surface area is 245 Å². The van der Waals surface area contributed by atoms with E-state index in [1.54, 1.807) is 31.2 Å². The molecule has 1 fully saturated rings. The Balaban J connectivity index is 0.00000191. The van der Waals surface area contributed by atoms with Crippen molar-refractivity contribution in [2.24, 2.45) is 5.92 Å². The molecule has 3 N–H and O–H groups in total. The Morgan fingerprint density at radius 2 is 1.68 bits per heavy atom. The van der Waals surface area contributed by atoms with Crippen molar-refractivity contribution in [3.8, 4) is 5.75 Å². The number of carboxylic acid groups (broad SMARTS) is 1. The van der Waals surface area contributed by atoms with Crippen LogP contribution in [-0.4, -0.2) is 42.0 Å². The summed E-state index contributed by atoms with van der Waals surface area (Å²) in [5.74, 6) is -1.19. The fourth-order valence-corrected chi connectivity index (χ4v) is 4.65. The predicted octanol–water partition coefficient (Wildman–Crippen LogP) is 8.88. The summed E-state index contributed by atoms with van der Waals surface area (Å²) in [4.78, 5) is 26.0. The molecular formula is C30H44BrF2N3O4. The SMILES string of the molecule is CC.CC.CC(C)CN(c1ccc(OCC(=O)O)cc1NC(=O)Nc1ccc(Br)cc1F)C1CCC(C)(F)CC1. The number of hydrogen-bond donors (Lipinski definition) is 3. The van der Waals surface area contributed by atoms with Gasteiger partial charge in [-0.05, 0) is 68.9 Å². The van der Waals surface area contributed by atoms with Gasteiger partial charge in [0.15, 0.2) is 6.61 Å². The van der Waals surface area contributed by atoms with E-state index in [9.17, 15) is 18.4 Å². The molecule has 1 aliphatic rings. The molecule has 0 aliphatic heterocycles. The first-order valence-corrected chi connectivity index (χ1v) is 14.7. The van der Waals surface area contributed by atoms with Gasteiger partial charge in [0.25, 0.3) is 0 Å². The van der Waals surface area contributed by atoms with Gasteiger partial charge < -0.3 is 25.4 Å². The van der Waals surface area contributed by atoms with Gasteiger partial charge in [0.1, 0.15) is 17.2 Å². The van der Waals surface area contributed by atoms with Crippen LogP contribution in [0.1, 0.15) is 74.1 Å². The van der Waals surface area contributed by atoms with Gasteiger partial charge in [0, 0.05) is 23.1 Å². The first kappa shape index (κ1) is 35.1. The van der Waals surface area contributed by atoms with Crippen molar-refractivity contribution in [3.05, 3.63) is 46.7 Å². The van der Waals surface area contributed by atoms with E-state index >= 15 is 0 Å². The topological polar surface area (TPSA) is 90.9 Å². The number of halogens is 3. The van der Waals surface area contributed by atoms with Crippen LogP contribution in [0, 0.1) is 11.7 Å². The number of nitrogens with one attached hydrogen (secondary N) is 2. The molecule has 0 radical (unpaired) electrons. The Morgan fingerprint density at radius 1 is 1.07 bits per heavy atom. The number of rotatable bonds is 9. The average Bonchev–Trinajstić information content (AvgIpc) is 2.90. The third-order valence-electron chi connectivity index (χ3n) is 6.07. The lowest BCUT2D eigenvalue weighted by Crippen LogP contribution is -2.43. The van der Waals surface area contributed by atoms with Gasteiger partial charge >= 0.3 is 12.0 Å². The zero-order valence-electron chi connectivity index (χ0n) is 24.6. The minimum atomic E-state index is -1.19. The first-order chi connectivity index (χ1) is 18.9. The summed E-state index contributed by atoms with van der Waals surface area (Å²) in [6.45, 7) is 13.9. The lowest BCUT2D eigenvalue weighted by Gasteiger charge is -2.41. The van der Waals surface area contributed by atoms with E-state index in [0.717, 1.165) is 0 Å². The monoisotopic (exact) mass is 627 g/mol. The molecule has 224 valence electrons. The van der Waals surface area contributed by atoms with Crippen molar-refractivity contribution in [2.45, 2.75) is 85.9 Å². The van der Waals surface area contributed by atoms with Crippen molar-refractivity contribution in [3.63, 3.8) is 0 Å². The molecule has 0 spiro atoms. The Kier molecular flexibility index (Phi) is 15.0. The summed E-state index contributed by atoms with van der Waals surface area (Å²) < 4.78 is 34.6. The molecule has 2 aromatic carbocycles. The molecule has 0 unspecified atom stereocenters. The first-order valence-electron chi connectivity index (χ1n) is 13.9. The zero-order chi connectivity index (χ0) is 30.5. The van der Waals surface area contributed by atoms with Gasteiger partial charge in [0.2, 0.25) is 0 Å². The van der Waals surface area contributed by atoms with Crippen LogP contribution in [0.2, 0.25) is 0 Å². The summed E-state index contributed by atoms with van der Waals surface area (Å²) in [6.07, 6.45) is 2.20. The molecule has 0 bridgehead atoms. The minimum absolute atomic E-state index is 0.00378. The molecule has 0 aromatic heterocycles. The number of nitrogens with zero attached hydrogens (tertiary/aromatic N) is 1. The van der Waals surface area contributed by atoms with Crippen LogP contribution in [0.25, 0.3) is 0 Å². The number of benzene rings is 2. The Morgan fingerprint density at radius 3 is 2.23 bits per heavy atom. The normalized spacial score (nSPS) is 17.9. The van der Waals surface area contributed by atoms with Crippen molar-refractivity contribution >= 4 is 45.0 Å². The summed E-state index contributed by atoms with van der Waals surface area (Å²) >= 11 is 3.19. The van der Waals surface area contributed by atoms with Crippen LogP contribution >= 0.6 is 15.9 Å². The van der Waals surface area contributed by atoms with E-state index in [-0.39, 0.29) is 23.4 Å². The minimum Gasteiger partial charge on any atom is -0.482 e. The quantitative estimate of drug-likeness (QED) is 0.258. The van der Waals surface area contributed by atoms with Gasteiger partial charge in [-0.3, -0.25) is 0 Å². The largest absolute Gasteiger partial charge is 0.482 e. The van der Waals surface area contributed by atoms with E-state index < -0.39 is 30.1 Å². The molecule has 1 aliphatic carbocycles. The third-order valence-corrected chi connectivity index (χ3v) is 6.56. The maximum absolute atomic E-state index is 14.5. The molecule has 2 aromatic rings. The highest BCUT2D eigenvalue weighted by Crippen LogP contribution is 2.39. The van der Waals surface area contributed by atoms with Crippen LogP contribution in [0.15, 0.2) is 40.9 Å². The van der Waals surface area contributed by atoms with E-state index in [1.165, 1.54) is 12.1 Å². The molecule has 1 saturated carbocycles. The number of ether oxygens (including phenoxy) is 1. The molecule has 7 nitrogen and oxygen atoms in total. The number of urea groups is 1. The molecule has 40 heavy (non-hydrogen) atoms. The number of aliphatic carboxylic acids is 1. The van der Waals surface area contributed by atoms with Crippen LogP contribution in [-0.2, 0) is 4.79 Å². The van der Waals surface area contributed by atoms with Gasteiger partial charge in [-0.25, -0.2) is 18.4 Å². The Bertz CT molecular complexity index is 1090. The highest BCUT2D eigenvalue weighted by molar-refractivity contribution is 9.10. The van der Waals surface area contributed by atoms with Gasteiger partial charge in [0.05, 0.1) is 17.1 Å². The maximum atomic E-state index is 14.5. The summed E-state index contributed by atoms with van der Waals surface area (Å²) in [7, 11) is 0. The number of carbonyl (C=O) groups is 2. The lowest BCUT2D eigenvalue weighted by atomic mass is 9.84. The number of hydrogen-bond acceptors (Lipinski definition) is 4. The predicted molar refractivity (Wildman–Crippen MR) is 163 cm³/mol. The molecule has 2 amide bonds. The molecule has 10 heteroatoms. The second-order valence-electron chi connectivity index (χ2n) is 9.76. The number of carboxylic acids is 1. The standard InChI is InChI=1S/C26H32BrF2N3O4.2C2H6/c1-16(2)14-32(18-8-10-26(3,29)11-9-18)23-7-5-19(36-15-24(33)34)13-22(23)31-25(35)30-21-6-4-17(27)12-20(21)28;2*1-2/h4-7,12-13,16,18H,8-11,14-15H2,1-3H3,(H,33,34)(H2,30,31,35);2*1-2H3. The molecular weight excluding hydrogens is 584 g/mol. The van der Waals surface area contributed by atoms with Crippen LogP contribution in [0.4, 0.5) is 30.6 Å². The number of carbonyl (C=O) groups excluding carboxylic acids is 1. The highest BCUT2D eigenvalue weighted by Gasteiger charge is 2.34. The third kappa shape index (κ3) is 11.3. The zero-order valence-corrected chi connectivity index (χ0v) is 26.2. The average molecular weight is 629 g/mol. The maximum Gasteiger partial charge on any atom is 0.341 e. The summed E-state index contributed by atoms with van der Waals surface area (Å²) in [5, 5.41) is 14.2. The fourth-order valence-electron chi connectivity index (χ4n) is 4.32. The molecule has 0 atom stereocenters. The van der Waals surface area contributed by atoms with Crippen molar-refractivity contribution in [2.75, 3.05) is 28.7 Å². The van der Waals surface area contributed by atoms with Gasteiger partial charge in [-0.1, -0.05) is 57.5 Å². The van der Waals surface area contributed by atoms with Crippen LogP contribution in [0.5, 0.6) is 5.75 Å². The molecule has 3 rings (SSSR count). The molecule has 0 saturated heterocycles. The van der Waals surface area contributed by atoms with Crippen molar-refractivity contribution in [1.82, 2.24) is 0 Å². The smallest absolute Gasteiger partial charge is 0.341 e. The Hall–Kier alpha value is -2.88. The highest BCUT2D eigenvalue weighted by atomic mass is 79.9. The van der Waals surface area contributed by atoms with E-state index in [1.807, 2.05) is 27.7 Å². The fraction of sp³-hybridized carbons (Fsp3) is 0.533. The van der Waals surface area contributed by atoms with Crippen LogP contribution in [0.3, 0.4) is 0 Å². The second kappa shape index (κ2) is 17.0. The number of anilines is 3. The van der Waals surface area contributed by atoms with Gasteiger partial charge in [-0.15, -0.1) is 0 Å². The molecule has 0 heterocycles.